The van der Waals surface area contributed by atoms with Crippen molar-refractivity contribution in [2.75, 3.05) is 4.90 Å². The Balaban J connectivity index is 1.57. The predicted octanol–water partition coefficient (Wildman–Crippen LogP) is 6.73. The van der Waals surface area contributed by atoms with Gasteiger partial charge < -0.3 is 5.11 Å². The molecule has 1 aromatic carbocycles. The highest BCUT2D eigenvalue weighted by Gasteiger charge is 2.34. The van der Waals surface area contributed by atoms with Crippen LogP contribution in [0.25, 0.3) is 11.8 Å². The van der Waals surface area contributed by atoms with Crippen LogP contribution in [0.15, 0.2) is 36.5 Å². The molecule has 6 heteroatoms. The Bertz CT molecular complexity index is 1040. The molecule has 0 aliphatic heterocycles. The summed E-state index contributed by atoms with van der Waals surface area (Å²) in [5.74, 6) is 0.382. The summed E-state index contributed by atoms with van der Waals surface area (Å²) in [5, 5.41) is 14.5. The van der Waals surface area contributed by atoms with Gasteiger partial charge in [-0.15, -0.1) is 5.10 Å². The van der Waals surface area contributed by atoms with Gasteiger partial charge in [0.2, 0.25) is 5.91 Å². The Morgan fingerprint density at radius 1 is 1.03 bits per heavy atom. The number of hydrogen-bond acceptors (Lipinski definition) is 3. The van der Waals surface area contributed by atoms with Gasteiger partial charge in [0.15, 0.2) is 5.82 Å². The van der Waals surface area contributed by atoms with Crippen LogP contribution < -0.4 is 4.90 Å². The minimum Gasteiger partial charge on any atom is -0.477 e. The van der Waals surface area contributed by atoms with E-state index in [0.717, 1.165) is 36.9 Å². The lowest BCUT2D eigenvalue weighted by molar-refractivity contribution is -0.123. The highest BCUT2D eigenvalue weighted by atomic mass is 16.4. The number of carboxylic acid groups (broad SMARTS) is 1. The first kappa shape index (κ1) is 25.2. The van der Waals surface area contributed by atoms with E-state index in [1.807, 2.05) is 38.1 Å². The van der Waals surface area contributed by atoms with Gasteiger partial charge in [-0.25, -0.2) is 9.48 Å². The number of amides is 1. The smallest absolute Gasteiger partial charge is 0.341 e. The molecular weight excluding hydrogens is 438 g/mol. The van der Waals surface area contributed by atoms with E-state index in [1.54, 1.807) is 9.58 Å². The second kappa shape index (κ2) is 11.2. The molecule has 1 aromatic heterocycles. The summed E-state index contributed by atoms with van der Waals surface area (Å²) < 4.78 is 1.58. The Hall–Kier alpha value is -2.89. The summed E-state index contributed by atoms with van der Waals surface area (Å²) in [5.41, 5.74) is 1.95. The van der Waals surface area contributed by atoms with Crippen molar-refractivity contribution in [3.8, 4) is 5.69 Å². The highest BCUT2D eigenvalue weighted by molar-refractivity contribution is 6.01. The first-order valence-corrected chi connectivity index (χ1v) is 13.3. The van der Waals surface area contributed by atoms with Gasteiger partial charge in [0, 0.05) is 18.2 Å². The fourth-order valence-corrected chi connectivity index (χ4v) is 5.45. The summed E-state index contributed by atoms with van der Waals surface area (Å²) in [6.45, 7) is 6.06. The quantitative estimate of drug-likeness (QED) is 0.480. The summed E-state index contributed by atoms with van der Waals surface area (Å²) in [7, 11) is 0. The lowest BCUT2D eigenvalue weighted by Crippen LogP contribution is -2.43. The third-order valence-corrected chi connectivity index (χ3v) is 7.64. The molecule has 0 radical (unpaired) electrons. The first-order valence-electron chi connectivity index (χ1n) is 13.3. The molecule has 1 N–H and O–H groups in total. The van der Waals surface area contributed by atoms with Gasteiger partial charge in [-0.2, -0.15) is 0 Å². The zero-order valence-electron chi connectivity index (χ0n) is 21.3. The predicted molar refractivity (Wildman–Crippen MR) is 140 cm³/mol. The van der Waals surface area contributed by atoms with E-state index >= 15 is 0 Å². The molecule has 0 bridgehead atoms. The molecule has 0 spiro atoms. The highest BCUT2D eigenvalue weighted by Crippen LogP contribution is 2.33. The zero-order valence-corrected chi connectivity index (χ0v) is 21.3. The van der Waals surface area contributed by atoms with Crippen LogP contribution in [0.2, 0.25) is 0 Å². The Kier molecular flexibility index (Phi) is 8.09. The van der Waals surface area contributed by atoms with Crippen LogP contribution in [-0.4, -0.2) is 32.8 Å². The van der Waals surface area contributed by atoms with Gasteiger partial charge in [0.05, 0.1) is 5.69 Å². The molecule has 2 aliphatic rings. The molecule has 1 heterocycles. The number of rotatable bonds is 7. The minimum atomic E-state index is -1.07. The van der Waals surface area contributed by atoms with Crippen LogP contribution >= 0.6 is 0 Å². The summed E-state index contributed by atoms with van der Waals surface area (Å²) in [6, 6.07) is 7.78. The van der Waals surface area contributed by atoms with Crippen molar-refractivity contribution in [3.05, 3.63) is 47.7 Å². The van der Waals surface area contributed by atoms with Crippen LogP contribution in [0.3, 0.4) is 0 Å². The Labute approximate surface area is 209 Å². The van der Waals surface area contributed by atoms with Crippen LogP contribution in [0, 0.1) is 17.8 Å². The van der Waals surface area contributed by atoms with Gasteiger partial charge >= 0.3 is 5.97 Å². The van der Waals surface area contributed by atoms with E-state index in [-0.39, 0.29) is 29.2 Å². The number of allylic oxidation sites excluding steroid dienone is 1. The van der Waals surface area contributed by atoms with E-state index < -0.39 is 5.97 Å². The largest absolute Gasteiger partial charge is 0.477 e. The van der Waals surface area contributed by atoms with Crippen molar-refractivity contribution in [1.82, 2.24) is 9.78 Å². The number of aromatic carboxylic acids is 1. The number of hydrogen-bond donors (Lipinski definition) is 1. The number of carboxylic acids is 1. The molecule has 4 rings (SSSR count). The third-order valence-electron chi connectivity index (χ3n) is 7.64. The van der Waals surface area contributed by atoms with Crippen molar-refractivity contribution in [3.63, 3.8) is 0 Å². The van der Waals surface area contributed by atoms with E-state index in [9.17, 15) is 14.7 Å². The molecule has 188 valence electrons. The van der Waals surface area contributed by atoms with Crippen molar-refractivity contribution >= 4 is 23.8 Å². The number of carbonyl (C=O) groups is 2. The van der Waals surface area contributed by atoms with Gasteiger partial charge in [-0.05, 0) is 81.9 Å². The summed E-state index contributed by atoms with van der Waals surface area (Å²) in [4.78, 5) is 27.2. The zero-order chi connectivity index (χ0) is 24.9. The maximum absolute atomic E-state index is 13.5. The normalized spacial score (nSPS) is 21.5. The molecule has 6 nitrogen and oxygen atoms in total. The molecule has 0 atom stereocenters. The SMILES string of the molecule is CC(C)N(c1nn(-c2ccc(C=CC3CCCCC3)cc2)cc1C(=O)O)C(=O)[C@H]1CC[C@H](C)CC1. The number of anilines is 1. The molecule has 2 fully saturated rings. The summed E-state index contributed by atoms with van der Waals surface area (Å²) in [6.07, 6.45) is 16.3. The van der Waals surface area contributed by atoms with Crippen LogP contribution in [-0.2, 0) is 4.79 Å². The monoisotopic (exact) mass is 477 g/mol. The van der Waals surface area contributed by atoms with E-state index in [2.05, 4.69) is 24.2 Å². The minimum absolute atomic E-state index is 0.0113. The second-order valence-electron chi connectivity index (χ2n) is 10.7. The average molecular weight is 478 g/mol. The molecule has 35 heavy (non-hydrogen) atoms. The van der Waals surface area contributed by atoms with E-state index in [0.29, 0.717) is 11.8 Å². The Morgan fingerprint density at radius 3 is 2.29 bits per heavy atom. The topological polar surface area (TPSA) is 75.4 Å². The van der Waals surface area contributed by atoms with E-state index in [4.69, 9.17) is 0 Å². The van der Waals surface area contributed by atoms with Crippen molar-refractivity contribution in [2.24, 2.45) is 17.8 Å². The molecule has 2 aromatic rings. The maximum Gasteiger partial charge on any atom is 0.341 e. The molecule has 2 saturated carbocycles. The first-order chi connectivity index (χ1) is 16.8. The lowest BCUT2D eigenvalue weighted by Gasteiger charge is -2.32. The fraction of sp³-hybridized carbons (Fsp3) is 0.552. The average Bonchev–Trinajstić information content (AvgIpc) is 3.29. The van der Waals surface area contributed by atoms with E-state index in [1.165, 1.54) is 38.3 Å². The van der Waals surface area contributed by atoms with Crippen molar-refractivity contribution < 1.29 is 14.7 Å². The van der Waals surface area contributed by atoms with Gasteiger partial charge in [0.25, 0.3) is 0 Å². The lowest BCUT2D eigenvalue weighted by atomic mass is 9.82. The molecular formula is C29H39N3O3. The van der Waals surface area contributed by atoms with Crippen LogP contribution in [0.4, 0.5) is 5.82 Å². The maximum atomic E-state index is 13.5. The van der Waals surface area contributed by atoms with Crippen molar-refractivity contribution in [1.29, 1.82) is 0 Å². The molecule has 0 saturated heterocycles. The molecule has 0 unspecified atom stereocenters. The molecule has 1 amide bonds. The Morgan fingerprint density at radius 2 is 1.69 bits per heavy atom. The number of aromatic nitrogens is 2. The summed E-state index contributed by atoms with van der Waals surface area (Å²) >= 11 is 0. The van der Waals surface area contributed by atoms with Crippen molar-refractivity contribution in [2.45, 2.75) is 84.6 Å². The van der Waals surface area contributed by atoms with Gasteiger partial charge in [-0.1, -0.05) is 50.5 Å². The van der Waals surface area contributed by atoms with Crippen LogP contribution in [0.5, 0.6) is 0 Å². The van der Waals surface area contributed by atoms with Gasteiger partial charge in [-0.3, -0.25) is 9.69 Å². The molecule has 2 aliphatic carbocycles. The standard InChI is InChI=1S/C29H39N3O3/c1-20(2)32(28(33)24-15-9-21(3)10-16-24)27-26(29(34)35)19-31(30-27)25-17-13-23(14-18-25)12-11-22-7-5-4-6-8-22/h11-14,17-22,24H,4-10,15-16H2,1-3H3,(H,34,35)/t21-,24-. The third kappa shape index (κ3) is 6.03. The fourth-order valence-electron chi connectivity index (χ4n) is 5.45. The number of benzene rings is 1. The number of carbonyl (C=O) groups excluding carboxylic acids is 1. The second-order valence-corrected chi connectivity index (χ2v) is 10.7. The van der Waals surface area contributed by atoms with Crippen LogP contribution in [0.1, 0.15) is 94.5 Å². The number of nitrogens with zero attached hydrogens (tertiary/aromatic N) is 3. The van der Waals surface area contributed by atoms with Gasteiger partial charge in [0.1, 0.15) is 5.56 Å².